The van der Waals surface area contributed by atoms with Crippen LogP contribution < -0.4 is 0 Å². The third-order valence-corrected chi connectivity index (χ3v) is 3.87. The molecule has 0 fully saturated rings. The topological polar surface area (TPSA) is 61.4 Å². The van der Waals surface area contributed by atoms with Crippen LogP contribution in [-0.4, -0.2) is 29.5 Å². The van der Waals surface area contributed by atoms with E-state index in [2.05, 4.69) is 27.3 Å². The number of halogens is 2. The predicted octanol–water partition coefficient (Wildman–Crippen LogP) is 2.35. The Morgan fingerprint density at radius 2 is 1.95 bits per heavy atom. The van der Waals surface area contributed by atoms with Crippen LogP contribution in [-0.2, 0) is 19.3 Å². The summed E-state index contributed by atoms with van der Waals surface area (Å²) in [6.45, 7) is 4.82. The average Bonchev–Trinajstić information content (AvgIpc) is 2.93. The first-order valence-electron chi connectivity index (χ1n) is 6.23. The van der Waals surface area contributed by atoms with E-state index >= 15 is 0 Å². The molecule has 0 radical (unpaired) electrons. The van der Waals surface area contributed by atoms with Gasteiger partial charge in [-0.3, -0.25) is 0 Å². The molecular weight excluding hydrogens is 286 g/mol. The normalized spacial score (nSPS) is 11.5. The molecule has 0 saturated carbocycles. The zero-order valence-electron chi connectivity index (χ0n) is 11.5. The van der Waals surface area contributed by atoms with Crippen LogP contribution in [0.3, 0.4) is 0 Å². The monoisotopic (exact) mass is 302 g/mol. The fraction of sp³-hybridized carbons (Fsp3) is 0.636. The van der Waals surface area contributed by atoms with Gasteiger partial charge in [-0.2, -0.15) is 0 Å². The van der Waals surface area contributed by atoms with Crippen LogP contribution in [0.5, 0.6) is 0 Å². The molecule has 0 aromatic carbocycles. The molecule has 0 aliphatic rings. The van der Waals surface area contributed by atoms with E-state index in [0.717, 1.165) is 24.6 Å². The van der Waals surface area contributed by atoms with Crippen molar-refractivity contribution < 1.29 is 8.78 Å². The highest BCUT2D eigenvalue weighted by molar-refractivity contribution is 7.98. The van der Waals surface area contributed by atoms with Crippen molar-refractivity contribution in [3.05, 3.63) is 17.5 Å². The molecule has 0 bridgehead atoms. The first-order chi connectivity index (χ1) is 9.54. The maximum Gasteiger partial charge on any atom is 0.297 e. The van der Waals surface area contributed by atoms with Gasteiger partial charge in [0, 0.05) is 13.6 Å². The highest BCUT2D eigenvalue weighted by atomic mass is 32.2. The summed E-state index contributed by atoms with van der Waals surface area (Å²) in [5.74, 6) is 1.87. The van der Waals surface area contributed by atoms with Gasteiger partial charge in [0.15, 0.2) is 5.16 Å². The van der Waals surface area contributed by atoms with Crippen LogP contribution in [0.15, 0.2) is 5.16 Å². The van der Waals surface area contributed by atoms with Crippen LogP contribution in [0.2, 0.25) is 0 Å². The largest absolute Gasteiger partial charge is 0.315 e. The molecule has 9 heteroatoms. The number of aromatic nitrogens is 6. The molecule has 0 N–H and O–H groups in total. The third kappa shape index (κ3) is 2.97. The molecular formula is C11H16F2N6S. The molecule has 6 nitrogen and oxygen atoms in total. The van der Waals surface area contributed by atoms with Gasteiger partial charge in [-0.05, 0) is 13.3 Å². The van der Waals surface area contributed by atoms with Crippen LogP contribution in [0.1, 0.15) is 37.2 Å². The first-order valence-corrected chi connectivity index (χ1v) is 7.22. The number of aryl methyl sites for hydroxylation is 1. The van der Waals surface area contributed by atoms with Crippen molar-refractivity contribution in [1.82, 2.24) is 29.5 Å². The zero-order chi connectivity index (χ0) is 14.7. The smallest absolute Gasteiger partial charge is 0.297 e. The van der Waals surface area contributed by atoms with E-state index in [1.54, 1.807) is 0 Å². The summed E-state index contributed by atoms with van der Waals surface area (Å²) >= 11 is 1.32. The summed E-state index contributed by atoms with van der Waals surface area (Å²) in [5, 5.41) is 15.9. The summed E-state index contributed by atoms with van der Waals surface area (Å²) in [6.07, 6.45) is -1.64. The van der Waals surface area contributed by atoms with Crippen LogP contribution in [0.4, 0.5) is 8.78 Å². The quantitative estimate of drug-likeness (QED) is 0.767. The first kappa shape index (κ1) is 14.9. The van der Waals surface area contributed by atoms with Crippen LogP contribution >= 0.6 is 11.8 Å². The molecule has 2 heterocycles. The fourth-order valence-corrected chi connectivity index (χ4v) is 2.67. The number of alkyl halides is 2. The van der Waals surface area contributed by atoms with Crippen molar-refractivity contribution in [1.29, 1.82) is 0 Å². The summed E-state index contributed by atoms with van der Waals surface area (Å²) < 4.78 is 28.6. The number of rotatable bonds is 6. The molecule has 2 aromatic heterocycles. The van der Waals surface area contributed by atoms with Gasteiger partial charge in [0.1, 0.15) is 11.6 Å². The van der Waals surface area contributed by atoms with E-state index in [9.17, 15) is 8.78 Å². The Bertz CT molecular complexity index is 579. The third-order valence-electron chi connectivity index (χ3n) is 2.85. The van der Waals surface area contributed by atoms with Gasteiger partial charge in [-0.25, -0.2) is 8.78 Å². The Hall–Kier alpha value is -1.51. The average molecular weight is 302 g/mol. The van der Waals surface area contributed by atoms with E-state index in [1.807, 2.05) is 11.5 Å². The van der Waals surface area contributed by atoms with Crippen molar-refractivity contribution >= 4 is 11.8 Å². The van der Waals surface area contributed by atoms with E-state index in [4.69, 9.17) is 0 Å². The van der Waals surface area contributed by atoms with Gasteiger partial charge in [-0.1, -0.05) is 18.7 Å². The van der Waals surface area contributed by atoms with Gasteiger partial charge < -0.3 is 9.13 Å². The summed E-state index contributed by atoms with van der Waals surface area (Å²) in [4.78, 5) is 0. The Morgan fingerprint density at radius 3 is 2.55 bits per heavy atom. The summed E-state index contributed by atoms with van der Waals surface area (Å²) in [7, 11) is 1.53. The molecule has 20 heavy (non-hydrogen) atoms. The van der Waals surface area contributed by atoms with Crippen molar-refractivity contribution in [2.45, 2.75) is 44.1 Å². The SMILES string of the molecule is CCCn1c(C)nnc1CSc1nnc(C(F)F)n1C. The number of nitrogens with zero attached hydrogens (tertiary/aromatic N) is 6. The lowest BCUT2D eigenvalue weighted by atomic mass is 10.4. The molecule has 0 unspecified atom stereocenters. The number of hydrogen-bond acceptors (Lipinski definition) is 5. The highest BCUT2D eigenvalue weighted by Crippen LogP contribution is 2.24. The van der Waals surface area contributed by atoms with Gasteiger partial charge in [0.25, 0.3) is 6.43 Å². The Labute approximate surface area is 119 Å². The molecule has 0 atom stereocenters. The Morgan fingerprint density at radius 1 is 1.20 bits per heavy atom. The van der Waals surface area contributed by atoms with Gasteiger partial charge in [0.2, 0.25) is 5.82 Å². The molecule has 0 aliphatic carbocycles. The second-order valence-corrected chi connectivity index (χ2v) is 5.25. The van der Waals surface area contributed by atoms with E-state index in [1.165, 1.54) is 23.4 Å². The molecule has 110 valence electrons. The molecule has 2 rings (SSSR count). The standard InChI is InChI=1S/C11H16F2N6S/c1-4-5-19-7(2)14-15-8(19)6-20-11-17-16-10(9(12)13)18(11)3/h9H,4-6H2,1-3H3. The highest BCUT2D eigenvalue weighted by Gasteiger charge is 2.18. The minimum atomic E-state index is -2.62. The lowest BCUT2D eigenvalue weighted by Gasteiger charge is -2.06. The Kier molecular flexibility index (Phi) is 4.69. The van der Waals surface area contributed by atoms with Crippen molar-refractivity contribution in [3.8, 4) is 0 Å². The second kappa shape index (κ2) is 6.29. The molecule has 0 spiro atoms. The summed E-state index contributed by atoms with van der Waals surface area (Å²) in [5.41, 5.74) is 0. The van der Waals surface area contributed by atoms with E-state index in [0.29, 0.717) is 10.9 Å². The number of hydrogen-bond donors (Lipinski definition) is 0. The maximum atomic E-state index is 12.6. The Balaban J connectivity index is 2.09. The summed E-state index contributed by atoms with van der Waals surface area (Å²) in [6, 6.07) is 0. The van der Waals surface area contributed by atoms with Gasteiger partial charge >= 0.3 is 0 Å². The van der Waals surface area contributed by atoms with E-state index < -0.39 is 6.43 Å². The minimum Gasteiger partial charge on any atom is -0.315 e. The van der Waals surface area contributed by atoms with Crippen LogP contribution in [0, 0.1) is 6.92 Å². The maximum absolute atomic E-state index is 12.6. The number of thioether (sulfide) groups is 1. The predicted molar refractivity (Wildman–Crippen MR) is 70.6 cm³/mol. The van der Waals surface area contributed by atoms with Crippen molar-refractivity contribution in [2.75, 3.05) is 0 Å². The molecule has 2 aromatic rings. The minimum absolute atomic E-state index is 0.321. The van der Waals surface area contributed by atoms with Crippen molar-refractivity contribution in [2.24, 2.45) is 7.05 Å². The zero-order valence-corrected chi connectivity index (χ0v) is 12.4. The lowest BCUT2D eigenvalue weighted by Crippen LogP contribution is -2.05. The van der Waals surface area contributed by atoms with Gasteiger partial charge in [0.05, 0.1) is 5.75 Å². The van der Waals surface area contributed by atoms with Gasteiger partial charge in [-0.15, -0.1) is 20.4 Å². The molecule has 0 saturated heterocycles. The van der Waals surface area contributed by atoms with Crippen molar-refractivity contribution in [3.63, 3.8) is 0 Å². The fourth-order valence-electron chi connectivity index (χ4n) is 1.82. The van der Waals surface area contributed by atoms with Crippen LogP contribution in [0.25, 0.3) is 0 Å². The van der Waals surface area contributed by atoms with E-state index in [-0.39, 0.29) is 5.82 Å². The molecule has 0 aliphatic heterocycles. The lowest BCUT2D eigenvalue weighted by molar-refractivity contribution is 0.135. The second-order valence-electron chi connectivity index (χ2n) is 4.30. The molecule has 0 amide bonds.